The van der Waals surface area contributed by atoms with E-state index in [9.17, 15) is 18.0 Å². The molecule has 184 valence electrons. The number of alkyl halides is 3. The van der Waals surface area contributed by atoms with Gasteiger partial charge in [-0.2, -0.15) is 24.9 Å². The number of thioether (sulfide) groups is 1. The van der Waals surface area contributed by atoms with E-state index in [1.165, 1.54) is 18.2 Å². The Balaban J connectivity index is 1.82. The lowest BCUT2D eigenvalue weighted by atomic mass is 9.90. The number of nitrogens with one attached hydrogen (secondary N) is 2. The predicted molar refractivity (Wildman–Crippen MR) is 136 cm³/mol. The highest BCUT2D eigenvalue weighted by atomic mass is 35.5. The van der Waals surface area contributed by atoms with Crippen LogP contribution >= 0.6 is 35.0 Å². The average Bonchev–Trinajstić information content (AvgIpc) is 3.24. The van der Waals surface area contributed by atoms with Crippen molar-refractivity contribution in [2.24, 2.45) is 0 Å². The highest BCUT2D eigenvalue weighted by molar-refractivity contribution is 7.98. The Kier molecular flexibility index (Phi) is 7.29. The van der Waals surface area contributed by atoms with Gasteiger partial charge in [0.2, 0.25) is 5.60 Å². The van der Waals surface area contributed by atoms with Gasteiger partial charge in [-0.05, 0) is 54.3 Å². The van der Waals surface area contributed by atoms with Gasteiger partial charge in [-0.15, -0.1) is 0 Å². The van der Waals surface area contributed by atoms with Crippen molar-refractivity contribution in [1.29, 1.82) is 0 Å². The second kappa shape index (κ2) is 9.93. The minimum absolute atomic E-state index is 0.0412. The number of carbonyl (C=O) groups is 1. The Morgan fingerprint density at radius 1 is 1.11 bits per heavy atom. The Bertz CT molecular complexity index is 1300. The van der Waals surface area contributed by atoms with Gasteiger partial charge < -0.3 is 5.32 Å². The first-order valence-corrected chi connectivity index (χ1v) is 12.7. The van der Waals surface area contributed by atoms with Crippen molar-refractivity contribution in [2.45, 2.75) is 24.7 Å². The molecule has 1 heterocycles. The molecule has 1 aliphatic rings. The number of fused-ring (bicyclic) bond motifs is 1. The van der Waals surface area contributed by atoms with Gasteiger partial charge in [0.1, 0.15) is 0 Å². The molecule has 35 heavy (non-hydrogen) atoms. The van der Waals surface area contributed by atoms with Gasteiger partial charge in [0.15, 0.2) is 0 Å². The number of hydrogen-bond donors (Lipinski definition) is 2. The van der Waals surface area contributed by atoms with E-state index in [1.54, 1.807) is 48.2 Å². The normalized spacial score (nSPS) is 18.8. The van der Waals surface area contributed by atoms with Crippen LogP contribution in [0.15, 0.2) is 60.7 Å². The van der Waals surface area contributed by atoms with Gasteiger partial charge in [0.05, 0.1) is 5.70 Å². The molecule has 3 aromatic rings. The molecule has 0 saturated carbocycles. The monoisotopic (exact) mass is 540 g/mol. The number of halogens is 5. The highest BCUT2D eigenvalue weighted by Gasteiger charge is 2.59. The third-order valence-corrected chi connectivity index (χ3v) is 6.90. The fraction of sp³-hybridized carbons (Fsp3) is 0.240. The number of hydroxylamine groups is 1. The Labute approximate surface area is 214 Å². The first kappa shape index (κ1) is 25.7. The first-order chi connectivity index (χ1) is 16.6. The second-order valence-electron chi connectivity index (χ2n) is 8.19. The lowest BCUT2D eigenvalue weighted by Gasteiger charge is -2.28. The Hall–Kier alpha value is -2.39. The van der Waals surface area contributed by atoms with Gasteiger partial charge >= 0.3 is 6.18 Å². The Morgan fingerprint density at radius 3 is 2.40 bits per heavy atom. The molecule has 0 fully saturated rings. The van der Waals surface area contributed by atoms with E-state index in [2.05, 4.69) is 10.8 Å². The van der Waals surface area contributed by atoms with Gasteiger partial charge in [0.25, 0.3) is 5.91 Å². The van der Waals surface area contributed by atoms with Crippen LogP contribution < -0.4 is 10.8 Å². The number of hydrogen-bond acceptors (Lipinski definition) is 4. The number of carbonyl (C=O) groups excluding carboxylic acids is 1. The fourth-order valence-corrected chi connectivity index (χ4v) is 5.18. The second-order valence-corrected chi connectivity index (χ2v) is 9.97. The molecule has 2 N–H and O–H groups in total. The molecule has 0 aromatic heterocycles. The third kappa shape index (κ3) is 4.98. The van der Waals surface area contributed by atoms with Crippen molar-refractivity contribution >= 4 is 57.3 Å². The van der Waals surface area contributed by atoms with Crippen molar-refractivity contribution in [1.82, 2.24) is 10.8 Å². The molecule has 1 amide bonds. The summed E-state index contributed by atoms with van der Waals surface area (Å²) in [5, 5.41) is 4.27. The van der Waals surface area contributed by atoms with Crippen LogP contribution in [0, 0.1) is 0 Å². The summed E-state index contributed by atoms with van der Waals surface area (Å²) in [6.45, 7) is 1.91. The Morgan fingerprint density at radius 2 is 1.77 bits per heavy atom. The number of amides is 1. The molecular weight excluding hydrogens is 520 g/mol. The predicted octanol–water partition coefficient (Wildman–Crippen LogP) is 6.96. The maximum Gasteiger partial charge on any atom is 0.428 e. The molecule has 0 unspecified atom stereocenters. The zero-order valence-corrected chi connectivity index (χ0v) is 21.0. The molecule has 0 saturated heterocycles. The lowest BCUT2D eigenvalue weighted by molar-refractivity contribution is -0.269. The molecule has 2 atom stereocenters. The van der Waals surface area contributed by atoms with Gasteiger partial charge in [-0.3, -0.25) is 15.1 Å². The van der Waals surface area contributed by atoms with Crippen molar-refractivity contribution in [3.05, 3.63) is 87.4 Å². The maximum atomic E-state index is 14.4. The molecule has 3 aromatic carbocycles. The zero-order valence-electron chi connectivity index (χ0n) is 18.7. The molecule has 1 aliphatic heterocycles. The van der Waals surface area contributed by atoms with Crippen LogP contribution in [0.1, 0.15) is 28.4 Å². The van der Waals surface area contributed by atoms with E-state index in [-0.39, 0.29) is 33.3 Å². The molecule has 0 aliphatic carbocycles. The van der Waals surface area contributed by atoms with E-state index in [0.29, 0.717) is 21.9 Å². The van der Waals surface area contributed by atoms with Crippen LogP contribution in [-0.4, -0.2) is 30.1 Å². The van der Waals surface area contributed by atoms with E-state index in [1.807, 2.05) is 13.2 Å². The summed E-state index contributed by atoms with van der Waals surface area (Å²) in [6, 6.07) is 13.9. The third-order valence-electron chi connectivity index (χ3n) is 5.64. The zero-order chi connectivity index (χ0) is 25.4. The van der Waals surface area contributed by atoms with Crippen LogP contribution in [0.5, 0.6) is 0 Å². The van der Waals surface area contributed by atoms with Crippen LogP contribution in [0.4, 0.5) is 13.2 Å². The first-order valence-electron chi connectivity index (χ1n) is 10.6. The highest BCUT2D eigenvalue weighted by Crippen LogP contribution is 2.48. The molecule has 0 spiro atoms. The van der Waals surface area contributed by atoms with Gasteiger partial charge in [-0.25, -0.2) is 0 Å². The minimum Gasteiger partial charge on any atom is -0.349 e. The summed E-state index contributed by atoms with van der Waals surface area (Å²) < 4.78 is 43.1. The van der Waals surface area contributed by atoms with Gasteiger partial charge in [0, 0.05) is 38.5 Å². The fourth-order valence-electron chi connectivity index (χ4n) is 4.07. The standard InChI is InChI=1S/C25H21Cl2F3N2O2S/c1-14(13-35-2)31-23(33)21-8-7-20(18-5-3-4-6-19(18)21)22-12-24(34-32-22,25(28,29)30)15-9-16(26)11-17(27)10-15/h3-12,14,32H,13H2,1-2H3,(H,31,33)/t14-,24+/m1/s1. The van der Waals surface area contributed by atoms with Crippen LogP contribution in [0.25, 0.3) is 16.5 Å². The van der Waals surface area contributed by atoms with Gasteiger partial charge in [-0.1, -0.05) is 53.5 Å². The average molecular weight is 541 g/mol. The van der Waals surface area contributed by atoms with Crippen molar-refractivity contribution in [3.63, 3.8) is 0 Å². The topological polar surface area (TPSA) is 50.4 Å². The van der Waals surface area contributed by atoms with Crippen molar-refractivity contribution in [3.8, 4) is 0 Å². The smallest absolute Gasteiger partial charge is 0.349 e. The molecule has 0 bridgehead atoms. The molecule has 0 radical (unpaired) electrons. The molecule has 10 heteroatoms. The molecular formula is C25H21Cl2F3N2O2S. The minimum atomic E-state index is -4.82. The number of benzene rings is 3. The summed E-state index contributed by atoms with van der Waals surface area (Å²) in [7, 11) is 0. The van der Waals surface area contributed by atoms with E-state index >= 15 is 0 Å². The summed E-state index contributed by atoms with van der Waals surface area (Å²) in [6.07, 6.45) is -1.90. The maximum absolute atomic E-state index is 14.4. The summed E-state index contributed by atoms with van der Waals surface area (Å²) in [5.74, 6) is 0.500. The van der Waals surface area contributed by atoms with E-state index in [0.717, 1.165) is 11.8 Å². The largest absolute Gasteiger partial charge is 0.428 e. The molecule has 4 nitrogen and oxygen atoms in total. The van der Waals surface area contributed by atoms with E-state index < -0.39 is 11.8 Å². The number of rotatable bonds is 6. The van der Waals surface area contributed by atoms with Crippen LogP contribution in [0.3, 0.4) is 0 Å². The molecule has 4 rings (SSSR count). The summed E-state index contributed by atoms with van der Waals surface area (Å²) in [5.41, 5.74) is 0.381. The van der Waals surface area contributed by atoms with E-state index in [4.69, 9.17) is 28.0 Å². The summed E-state index contributed by atoms with van der Waals surface area (Å²) >= 11 is 13.6. The quantitative estimate of drug-likeness (QED) is 0.354. The van der Waals surface area contributed by atoms with Crippen molar-refractivity contribution < 1.29 is 22.8 Å². The summed E-state index contributed by atoms with van der Waals surface area (Å²) in [4.78, 5) is 18.1. The van der Waals surface area contributed by atoms with Crippen LogP contribution in [0.2, 0.25) is 10.0 Å². The van der Waals surface area contributed by atoms with Crippen molar-refractivity contribution in [2.75, 3.05) is 12.0 Å². The SMILES string of the molecule is CSC[C@@H](C)NC(=O)c1ccc(C2=C[C@](c3cc(Cl)cc(Cl)c3)(C(F)(F)F)ON2)c2ccccc12. The lowest BCUT2D eigenvalue weighted by Crippen LogP contribution is -2.42. The van der Waals surface area contributed by atoms with Crippen LogP contribution in [-0.2, 0) is 10.4 Å².